The average molecular weight is 378 g/mol. The van der Waals surface area contributed by atoms with E-state index in [-0.39, 0.29) is 11.8 Å². The van der Waals surface area contributed by atoms with Gasteiger partial charge in [-0.1, -0.05) is 30.3 Å². The maximum atomic E-state index is 12.7. The summed E-state index contributed by atoms with van der Waals surface area (Å²) in [5.41, 5.74) is 3.68. The van der Waals surface area contributed by atoms with Gasteiger partial charge in [-0.15, -0.1) is 0 Å². The van der Waals surface area contributed by atoms with Crippen molar-refractivity contribution in [1.29, 1.82) is 0 Å². The molecule has 0 saturated heterocycles. The Labute approximate surface area is 163 Å². The molecule has 1 saturated carbocycles. The topological polar surface area (TPSA) is 86.7 Å². The first-order valence-electron chi connectivity index (χ1n) is 9.54. The highest BCUT2D eigenvalue weighted by Gasteiger charge is 2.41. The summed E-state index contributed by atoms with van der Waals surface area (Å²) in [6, 6.07) is 15.1. The first-order chi connectivity index (χ1) is 13.5. The molecule has 28 heavy (non-hydrogen) atoms. The number of hydrogen-bond acceptors (Lipinski definition) is 3. The molecule has 2 atom stereocenters. The fourth-order valence-electron chi connectivity index (χ4n) is 3.92. The fourth-order valence-corrected chi connectivity index (χ4v) is 3.92. The highest BCUT2D eigenvalue weighted by molar-refractivity contribution is 5.97. The molecular weight excluding hydrogens is 356 g/mol. The van der Waals surface area contributed by atoms with Crippen LogP contribution in [0.5, 0.6) is 0 Å². The third kappa shape index (κ3) is 3.50. The van der Waals surface area contributed by atoms with E-state index in [0.717, 1.165) is 17.7 Å². The van der Waals surface area contributed by atoms with Gasteiger partial charge in [0, 0.05) is 17.9 Å². The van der Waals surface area contributed by atoms with Crippen molar-refractivity contribution in [3.05, 3.63) is 59.7 Å². The maximum Gasteiger partial charge on any atom is 0.307 e. The number of carbonyl (C=O) groups excluding carboxylic acids is 2. The number of hydrogen-bond donors (Lipinski definition) is 2. The number of carboxylic acid groups (broad SMARTS) is 1. The second-order valence-electron chi connectivity index (χ2n) is 7.42. The van der Waals surface area contributed by atoms with Crippen molar-refractivity contribution in [1.82, 2.24) is 0 Å². The number of nitrogens with one attached hydrogen (secondary N) is 1. The van der Waals surface area contributed by atoms with Crippen molar-refractivity contribution in [2.24, 2.45) is 11.8 Å². The Hall–Kier alpha value is -3.15. The molecule has 0 bridgehead atoms. The first kappa shape index (κ1) is 18.2. The van der Waals surface area contributed by atoms with E-state index in [2.05, 4.69) is 11.4 Å². The van der Waals surface area contributed by atoms with Crippen LogP contribution in [0.4, 0.5) is 11.4 Å². The Bertz CT molecular complexity index is 922. The molecule has 1 aliphatic heterocycles. The van der Waals surface area contributed by atoms with Crippen molar-refractivity contribution in [2.75, 3.05) is 16.8 Å². The van der Waals surface area contributed by atoms with Gasteiger partial charge in [-0.25, -0.2) is 0 Å². The molecule has 144 valence electrons. The molecule has 2 aliphatic rings. The number of anilines is 2. The summed E-state index contributed by atoms with van der Waals surface area (Å²) in [6.07, 6.45) is 2.33. The molecule has 1 fully saturated rings. The number of amides is 2. The monoisotopic (exact) mass is 378 g/mol. The van der Waals surface area contributed by atoms with Crippen molar-refractivity contribution < 1.29 is 19.5 Å². The van der Waals surface area contributed by atoms with Crippen LogP contribution in [-0.4, -0.2) is 29.4 Å². The zero-order valence-corrected chi connectivity index (χ0v) is 15.4. The predicted octanol–water partition coefficient (Wildman–Crippen LogP) is 2.87. The van der Waals surface area contributed by atoms with Gasteiger partial charge >= 0.3 is 5.97 Å². The van der Waals surface area contributed by atoms with Gasteiger partial charge in [-0.2, -0.15) is 0 Å². The highest BCUT2D eigenvalue weighted by Crippen LogP contribution is 2.35. The van der Waals surface area contributed by atoms with Gasteiger partial charge in [0.1, 0.15) is 0 Å². The Balaban J connectivity index is 1.36. The van der Waals surface area contributed by atoms with E-state index in [1.165, 1.54) is 5.56 Å². The SMILES string of the molecule is O=C(O)C1CCC1C(=O)Nc1ccc(CC(=O)N2CCc3ccccc32)cc1. The molecule has 1 heterocycles. The quantitative estimate of drug-likeness (QED) is 0.838. The van der Waals surface area contributed by atoms with Crippen molar-refractivity contribution in [3.63, 3.8) is 0 Å². The molecule has 1 aliphatic carbocycles. The number of para-hydroxylation sites is 1. The summed E-state index contributed by atoms with van der Waals surface area (Å²) in [6.45, 7) is 0.707. The zero-order valence-electron chi connectivity index (χ0n) is 15.4. The van der Waals surface area contributed by atoms with Gasteiger partial charge < -0.3 is 15.3 Å². The molecule has 0 aromatic heterocycles. The van der Waals surface area contributed by atoms with Crippen LogP contribution in [0, 0.1) is 11.8 Å². The number of carboxylic acids is 1. The molecule has 2 amide bonds. The molecule has 4 rings (SSSR count). The number of aliphatic carboxylic acids is 1. The lowest BCUT2D eigenvalue weighted by Gasteiger charge is -2.31. The minimum atomic E-state index is -0.913. The third-order valence-corrected chi connectivity index (χ3v) is 5.69. The van der Waals surface area contributed by atoms with Crippen LogP contribution in [0.15, 0.2) is 48.5 Å². The predicted molar refractivity (Wildman–Crippen MR) is 105 cm³/mol. The Morgan fingerprint density at radius 2 is 1.71 bits per heavy atom. The van der Waals surface area contributed by atoms with Gasteiger partial charge in [0.25, 0.3) is 0 Å². The van der Waals surface area contributed by atoms with E-state index >= 15 is 0 Å². The van der Waals surface area contributed by atoms with Gasteiger partial charge in [-0.3, -0.25) is 14.4 Å². The largest absolute Gasteiger partial charge is 0.481 e. The molecule has 2 aromatic rings. The zero-order chi connectivity index (χ0) is 19.7. The van der Waals surface area contributed by atoms with Crippen molar-refractivity contribution in [3.8, 4) is 0 Å². The summed E-state index contributed by atoms with van der Waals surface area (Å²) in [5.74, 6) is -2.16. The van der Waals surface area contributed by atoms with E-state index in [1.54, 1.807) is 12.1 Å². The van der Waals surface area contributed by atoms with Gasteiger partial charge in [0.05, 0.1) is 18.3 Å². The van der Waals surface area contributed by atoms with Crippen molar-refractivity contribution in [2.45, 2.75) is 25.7 Å². The molecule has 2 aromatic carbocycles. The molecule has 0 radical (unpaired) electrons. The second kappa shape index (κ2) is 7.46. The average Bonchev–Trinajstić information content (AvgIpc) is 3.06. The minimum absolute atomic E-state index is 0.0560. The summed E-state index contributed by atoms with van der Waals surface area (Å²) < 4.78 is 0. The van der Waals surface area contributed by atoms with Crippen LogP contribution in [0.3, 0.4) is 0 Å². The van der Waals surface area contributed by atoms with Gasteiger partial charge in [0.15, 0.2) is 0 Å². The summed E-state index contributed by atoms with van der Waals surface area (Å²) in [5, 5.41) is 11.9. The summed E-state index contributed by atoms with van der Waals surface area (Å²) >= 11 is 0. The summed E-state index contributed by atoms with van der Waals surface area (Å²) in [4.78, 5) is 37.8. The molecule has 2 N–H and O–H groups in total. The summed E-state index contributed by atoms with van der Waals surface area (Å²) in [7, 11) is 0. The maximum absolute atomic E-state index is 12.7. The Morgan fingerprint density at radius 3 is 2.39 bits per heavy atom. The fraction of sp³-hybridized carbons (Fsp3) is 0.318. The van der Waals surface area contributed by atoms with Crippen molar-refractivity contribution >= 4 is 29.2 Å². The smallest absolute Gasteiger partial charge is 0.307 e. The second-order valence-corrected chi connectivity index (χ2v) is 7.42. The minimum Gasteiger partial charge on any atom is -0.481 e. The Kier molecular flexibility index (Phi) is 4.86. The number of carbonyl (C=O) groups is 3. The number of rotatable bonds is 5. The lowest BCUT2D eigenvalue weighted by Crippen LogP contribution is -2.41. The van der Waals surface area contributed by atoms with Crippen LogP contribution < -0.4 is 10.2 Å². The van der Waals surface area contributed by atoms with Gasteiger partial charge in [0.2, 0.25) is 11.8 Å². The van der Waals surface area contributed by atoms with E-state index in [1.807, 2.05) is 35.2 Å². The van der Waals surface area contributed by atoms with Crippen LogP contribution in [0.2, 0.25) is 0 Å². The highest BCUT2D eigenvalue weighted by atomic mass is 16.4. The van der Waals surface area contributed by atoms with E-state index in [0.29, 0.717) is 31.5 Å². The van der Waals surface area contributed by atoms with E-state index < -0.39 is 17.8 Å². The number of nitrogens with zero attached hydrogens (tertiary/aromatic N) is 1. The lowest BCUT2D eigenvalue weighted by molar-refractivity contribution is -0.151. The molecule has 6 heteroatoms. The lowest BCUT2D eigenvalue weighted by atomic mass is 9.73. The third-order valence-electron chi connectivity index (χ3n) is 5.69. The number of fused-ring (bicyclic) bond motifs is 1. The van der Waals surface area contributed by atoms with E-state index in [9.17, 15) is 14.4 Å². The number of benzene rings is 2. The van der Waals surface area contributed by atoms with Gasteiger partial charge in [-0.05, 0) is 48.6 Å². The van der Waals surface area contributed by atoms with Crippen LogP contribution in [0.25, 0.3) is 0 Å². The molecular formula is C22H22N2O4. The molecule has 6 nitrogen and oxygen atoms in total. The molecule has 2 unspecified atom stereocenters. The van der Waals surface area contributed by atoms with E-state index in [4.69, 9.17) is 5.11 Å². The molecule has 0 spiro atoms. The Morgan fingerprint density at radius 1 is 1.00 bits per heavy atom. The van der Waals surface area contributed by atoms with Crippen LogP contribution in [-0.2, 0) is 27.2 Å². The normalized spacial score (nSPS) is 20.2. The first-order valence-corrected chi connectivity index (χ1v) is 9.54. The van der Waals surface area contributed by atoms with Crippen LogP contribution in [0.1, 0.15) is 24.0 Å². The standard InChI is InChI=1S/C22H22N2O4/c25-20(24-12-11-15-3-1-2-4-19(15)24)13-14-5-7-16(8-6-14)23-21(26)17-9-10-18(17)22(27)28/h1-8,17-18H,9-13H2,(H,23,26)(H,27,28). The van der Waals surface area contributed by atoms with Crippen LogP contribution >= 0.6 is 0 Å².